The van der Waals surface area contributed by atoms with Crippen molar-refractivity contribution in [2.75, 3.05) is 26.2 Å². The van der Waals surface area contributed by atoms with Gasteiger partial charge in [0.1, 0.15) is 5.82 Å². The monoisotopic (exact) mass is 348 g/mol. The number of nitrogens with one attached hydrogen (secondary N) is 1. The molecule has 6 heteroatoms. The summed E-state index contributed by atoms with van der Waals surface area (Å²) in [6.07, 6.45) is 3.58. The highest BCUT2D eigenvalue weighted by atomic mass is 19.1. The minimum Gasteiger partial charge on any atom is -0.373 e. The molecule has 1 amide bonds. The minimum absolute atomic E-state index is 0.0548. The number of ketones is 1. The predicted molar refractivity (Wildman–Crippen MR) is 91.9 cm³/mol. The van der Waals surface area contributed by atoms with Gasteiger partial charge in [-0.2, -0.15) is 0 Å². The van der Waals surface area contributed by atoms with Gasteiger partial charge in [-0.15, -0.1) is 0 Å². The molecule has 5 nitrogen and oxygen atoms in total. The lowest BCUT2D eigenvalue weighted by Gasteiger charge is -2.35. The Kier molecular flexibility index (Phi) is 6.15. The first-order chi connectivity index (χ1) is 12.1. The molecule has 0 bridgehead atoms. The van der Waals surface area contributed by atoms with E-state index in [-0.39, 0.29) is 30.0 Å². The van der Waals surface area contributed by atoms with Crippen molar-refractivity contribution in [2.24, 2.45) is 0 Å². The first kappa shape index (κ1) is 18.0. The first-order valence-electron chi connectivity index (χ1n) is 9.03. The van der Waals surface area contributed by atoms with Gasteiger partial charge in [-0.1, -0.05) is 0 Å². The summed E-state index contributed by atoms with van der Waals surface area (Å²) in [7, 11) is 0. The van der Waals surface area contributed by atoms with Gasteiger partial charge in [0.2, 0.25) is 5.91 Å². The van der Waals surface area contributed by atoms with Crippen LogP contribution in [0.2, 0.25) is 0 Å². The fraction of sp³-hybridized carbons (Fsp3) is 0.579. The van der Waals surface area contributed by atoms with Crippen molar-refractivity contribution < 1.29 is 18.7 Å². The fourth-order valence-electron chi connectivity index (χ4n) is 3.51. The number of Topliss-reactive ketones (excluding diaryl/α,β-unsaturated/α-hetero) is 1. The van der Waals surface area contributed by atoms with E-state index in [2.05, 4.69) is 10.2 Å². The molecule has 0 aliphatic carbocycles. The highest BCUT2D eigenvalue weighted by Crippen LogP contribution is 2.22. The molecule has 2 fully saturated rings. The summed E-state index contributed by atoms with van der Waals surface area (Å²) >= 11 is 0. The molecule has 1 aromatic carbocycles. The quantitative estimate of drug-likeness (QED) is 0.767. The van der Waals surface area contributed by atoms with Gasteiger partial charge in [0, 0.05) is 37.5 Å². The zero-order valence-electron chi connectivity index (χ0n) is 14.4. The molecule has 25 heavy (non-hydrogen) atoms. The van der Waals surface area contributed by atoms with Crippen molar-refractivity contribution >= 4 is 11.7 Å². The van der Waals surface area contributed by atoms with Gasteiger partial charge < -0.3 is 10.1 Å². The lowest BCUT2D eigenvalue weighted by molar-refractivity contribution is -0.122. The molecule has 0 spiro atoms. The second-order valence-corrected chi connectivity index (χ2v) is 6.83. The van der Waals surface area contributed by atoms with Crippen molar-refractivity contribution in [3.63, 3.8) is 0 Å². The number of fused-ring (bicyclic) bond motifs is 1. The molecule has 3 rings (SSSR count). The molecular formula is C19H25FN2O3. The van der Waals surface area contributed by atoms with Crippen molar-refractivity contribution in [3.8, 4) is 0 Å². The maximum absolute atomic E-state index is 12.8. The zero-order chi connectivity index (χ0) is 17.6. The Morgan fingerprint density at radius 1 is 1.24 bits per heavy atom. The molecular weight excluding hydrogens is 323 g/mol. The van der Waals surface area contributed by atoms with E-state index in [0.717, 1.165) is 19.7 Å². The molecule has 2 atom stereocenters. The van der Waals surface area contributed by atoms with Crippen LogP contribution in [0.1, 0.15) is 42.5 Å². The average Bonchev–Trinajstić information content (AvgIpc) is 3.08. The standard InChI is InChI=1S/C19H25FN2O3/c20-15-8-6-14(7-9-15)18(23)4-1-5-19(24)21-11-17-12-22-10-2-3-16(22)13-25-17/h6-9,16-17H,1-5,10-13H2,(H,21,24)/t16-,17-/m0/s1. The third-order valence-electron chi connectivity index (χ3n) is 4.96. The van der Waals surface area contributed by atoms with Crippen LogP contribution in [0.15, 0.2) is 24.3 Å². The third kappa shape index (κ3) is 5.09. The summed E-state index contributed by atoms with van der Waals surface area (Å²) in [5.74, 6) is -0.483. The van der Waals surface area contributed by atoms with Crippen LogP contribution < -0.4 is 5.32 Å². The summed E-state index contributed by atoms with van der Waals surface area (Å²) in [5.41, 5.74) is 0.484. The van der Waals surface area contributed by atoms with Crippen LogP contribution in [-0.2, 0) is 9.53 Å². The summed E-state index contributed by atoms with van der Waals surface area (Å²) in [6, 6.07) is 6.06. The lowest BCUT2D eigenvalue weighted by Crippen LogP contribution is -2.50. The largest absolute Gasteiger partial charge is 0.373 e. The van der Waals surface area contributed by atoms with Gasteiger partial charge in [-0.25, -0.2) is 4.39 Å². The Hall–Kier alpha value is -1.79. The van der Waals surface area contributed by atoms with E-state index in [1.54, 1.807) is 0 Å². The smallest absolute Gasteiger partial charge is 0.220 e. The summed E-state index contributed by atoms with van der Waals surface area (Å²) in [5, 5.41) is 2.90. The fourth-order valence-corrected chi connectivity index (χ4v) is 3.51. The molecule has 0 aromatic heterocycles. The number of ether oxygens (including phenoxy) is 1. The third-order valence-corrected chi connectivity index (χ3v) is 4.96. The molecule has 2 heterocycles. The van der Waals surface area contributed by atoms with E-state index in [4.69, 9.17) is 4.74 Å². The van der Waals surface area contributed by atoms with Gasteiger partial charge in [-0.05, 0) is 50.1 Å². The van der Waals surface area contributed by atoms with Gasteiger partial charge in [-0.3, -0.25) is 14.5 Å². The number of hydrogen-bond donors (Lipinski definition) is 1. The van der Waals surface area contributed by atoms with Crippen molar-refractivity contribution in [2.45, 2.75) is 44.2 Å². The highest BCUT2D eigenvalue weighted by Gasteiger charge is 2.32. The number of hydrogen-bond acceptors (Lipinski definition) is 4. The van der Waals surface area contributed by atoms with Gasteiger partial charge in [0.25, 0.3) is 0 Å². The van der Waals surface area contributed by atoms with Crippen LogP contribution in [0.5, 0.6) is 0 Å². The van der Waals surface area contributed by atoms with Crippen molar-refractivity contribution in [1.82, 2.24) is 10.2 Å². The Bertz CT molecular complexity index is 605. The number of amides is 1. The van der Waals surface area contributed by atoms with Gasteiger partial charge >= 0.3 is 0 Å². The number of morpholine rings is 1. The molecule has 0 unspecified atom stereocenters. The van der Waals surface area contributed by atoms with E-state index >= 15 is 0 Å². The molecule has 0 radical (unpaired) electrons. The highest BCUT2D eigenvalue weighted by molar-refractivity contribution is 5.96. The number of halogens is 1. The topological polar surface area (TPSA) is 58.6 Å². The normalized spacial score (nSPS) is 23.2. The van der Waals surface area contributed by atoms with Crippen LogP contribution >= 0.6 is 0 Å². The number of rotatable bonds is 7. The summed E-state index contributed by atoms with van der Waals surface area (Å²) in [4.78, 5) is 26.3. The van der Waals surface area contributed by atoms with Crippen molar-refractivity contribution in [1.29, 1.82) is 0 Å². The Labute approximate surface area is 147 Å². The summed E-state index contributed by atoms with van der Waals surface area (Å²) in [6.45, 7) is 3.29. The Morgan fingerprint density at radius 3 is 2.84 bits per heavy atom. The molecule has 2 aliphatic rings. The molecule has 2 aliphatic heterocycles. The molecule has 1 N–H and O–H groups in total. The van der Waals surface area contributed by atoms with Gasteiger partial charge in [0.15, 0.2) is 5.78 Å². The maximum Gasteiger partial charge on any atom is 0.220 e. The van der Waals surface area contributed by atoms with Gasteiger partial charge in [0.05, 0.1) is 12.7 Å². The predicted octanol–water partition coefficient (Wildman–Crippen LogP) is 2.16. The number of carbonyl (C=O) groups is 2. The number of benzene rings is 1. The van der Waals surface area contributed by atoms with Crippen LogP contribution in [0, 0.1) is 5.82 Å². The van der Waals surface area contributed by atoms with E-state index in [1.165, 1.54) is 37.1 Å². The van der Waals surface area contributed by atoms with Crippen LogP contribution in [0.4, 0.5) is 4.39 Å². The number of nitrogens with zero attached hydrogens (tertiary/aromatic N) is 1. The first-order valence-corrected chi connectivity index (χ1v) is 9.03. The molecule has 2 saturated heterocycles. The maximum atomic E-state index is 12.8. The molecule has 1 aromatic rings. The van der Waals surface area contributed by atoms with E-state index < -0.39 is 0 Å². The van der Waals surface area contributed by atoms with E-state index in [9.17, 15) is 14.0 Å². The van der Waals surface area contributed by atoms with Crippen LogP contribution in [0.3, 0.4) is 0 Å². The average molecular weight is 348 g/mol. The second kappa shape index (κ2) is 8.54. The minimum atomic E-state index is -0.360. The Morgan fingerprint density at radius 2 is 2.04 bits per heavy atom. The molecule has 0 saturated carbocycles. The lowest BCUT2D eigenvalue weighted by atomic mass is 10.1. The van der Waals surface area contributed by atoms with Crippen molar-refractivity contribution in [3.05, 3.63) is 35.6 Å². The zero-order valence-corrected chi connectivity index (χ0v) is 14.4. The SMILES string of the molecule is O=C(CCCC(=O)c1ccc(F)cc1)NC[C@H]1CN2CCC[C@H]2CO1. The van der Waals surface area contributed by atoms with E-state index in [0.29, 0.717) is 31.0 Å². The van der Waals surface area contributed by atoms with E-state index in [1.807, 2.05) is 0 Å². The van der Waals surface area contributed by atoms with Crippen LogP contribution in [-0.4, -0.2) is 55.0 Å². The number of carbonyl (C=O) groups excluding carboxylic acids is 2. The summed E-state index contributed by atoms with van der Waals surface area (Å²) < 4.78 is 18.7. The van der Waals surface area contributed by atoms with Crippen LogP contribution in [0.25, 0.3) is 0 Å². The molecule has 136 valence electrons. The second-order valence-electron chi connectivity index (χ2n) is 6.83. The Balaban J connectivity index is 1.31.